The van der Waals surface area contributed by atoms with Gasteiger partial charge in [-0.05, 0) is 54.7 Å². The van der Waals surface area contributed by atoms with Gasteiger partial charge in [0.1, 0.15) is 0 Å². The fourth-order valence-corrected chi connectivity index (χ4v) is 3.30. The molecule has 0 radical (unpaired) electrons. The first-order valence-electron chi connectivity index (χ1n) is 7.65. The maximum atomic E-state index is 4.44. The molecule has 0 saturated heterocycles. The summed E-state index contributed by atoms with van der Waals surface area (Å²) in [7, 11) is 0. The average Bonchev–Trinajstić information content (AvgIpc) is 2.84. The van der Waals surface area contributed by atoms with Crippen LogP contribution in [0.5, 0.6) is 0 Å². The van der Waals surface area contributed by atoms with Crippen LogP contribution in [0.2, 0.25) is 0 Å². The lowest BCUT2D eigenvalue weighted by Crippen LogP contribution is -2.24. The molecule has 0 bridgehead atoms. The van der Waals surface area contributed by atoms with Gasteiger partial charge in [-0.25, -0.2) is 0 Å². The van der Waals surface area contributed by atoms with Crippen LogP contribution in [0.1, 0.15) is 43.1 Å². The number of hydrogen-bond donors (Lipinski definition) is 1. The highest BCUT2D eigenvalue weighted by molar-refractivity contribution is 9.10. The summed E-state index contributed by atoms with van der Waals surface area (Å²) in [6.45, 7) is 8.29. The van der Waals surface area contributed by atoms with Gasteiger partial charge < -0.3 is 5.32 Å². The van der Waals surface area contributed by atoms with E-state index in [4.69, 9.17) is 0 Å². The Morgan fingerprint density at radius 3 is 2.81 bits per heavy atom. The molecule has 114 valence electrons. The Bertz CT molecular complexity index is 577. The highest BCUT2D eigenvalue weighted by Crippen LogP contribution is 2.27. The smallest absolute Gasteiger partial charge is 0.0695 e. The minimum Gasteiger partial charge on any atom is -0.309 e. The number of aromatic nitrogens is 2. The van der Waals surface area contributed by atoms with Crippen LogP contribution in [-0.4, -0.2) is 16.3 Å². The molecule has 0 aliphatic rings. The van der Waals surface area contributed by atoms with Crippen LogP contribution in [0.15, 0.2) is 34.9 Å². The predicted octanol–water partition coefficient (Wildman–Crippen LogP) is 4.26. The average molecular weight is 350 g/mol. The van der Waals surface area contributed by atoms with Gasteiger partial charge in [0.25, 0.3) is 0 Å². The Labute approximate surface area is 135 Å². The van der Waals surface area contributed by atoms with Crippen LogP contribution in [-0.2, 0) is 13.0 Å². The Hall–Kier alpha value is -1.13. The molecule has 1 aromatic carbocycles. The first-order valence-corrected chi connectivity index (χ1v) is 8.45. The molecule has 1 aromatic heterocycles. The van der Waals surface area contributed by atoms with Gasteiger partial charge in [-0.15, -0.1) is 0 Å². The van der Waals surface area contributed by atoms with Crippen molar-refractivity contribution in [2.75, 3.05) is 6.54 Å². The quantitative estimate of drug-likeness (QED) is 0.809. The van der Waals surface area contributed by atoms with Crippen molar-refractivity contribution >= 4 is 15.9 Å². The third-order valence-corrected chi connectivity index (χ3v) is 4.33. The van der Waals surface area contributed by atoms with Crippen LogP contribution in [0.4, 0.5) is 0 Å². The molecule has 0 aliphatic carbocycles. The number of benzene rings is 1. The number of nitrogens with one attached hydrogen (secondary N) is 1. The molecule has 2 aromatic rings. The Kier molecular flexibility index (Phi) is 6.00. The number of rotatable bonds is 7. The molecule has 1 unspecified atom stereocenters. The SMILES string of the molecule is CCNC(CCc1cccc(C)c1)c1c(Br)cnn1CC. The van der Waals surface area contributed by atoms with Gasteiger partial charge in [-0.3, -0.25) is 4.68 Å². The normalized spacial score (nSPS) is 12.6. The van der Waals surface area contributed by atoms with E-state index < -0.39 is 0 Å². The Balaban J connectivity index is 2.14. The van der Waals surface area contributed by atoms with E-state index in [-0.39, 0.29) is 0 Å². The molecule has 0 aliphatic heterocycles. The largest absolute Gasteiger partial charge is 0.309 e. The fourth-order valence-electron chi connectivity index (χ4n) is 2.73. The second-order valence-corrected chi connectivity index (χ2v) is 6.19. The van der Waals surface area contributed by atoms with E-state index in [2.05, 4.69) is 76.1 Å². The van der Waals surface area contributed by atoms with E-state index in [1.54, 1.807) is 0 Å². The molecule has 1 heterocycles. The first-order chi connectivity index (χ1) is 10.2. The van der Waals surface area contributed by atoms with Crippen molar-refractivity contribution in [1.29, 1.82) is 0 Å². The minimum atomic E-state index is 0.326. The van der Waals surface area contributed by atoms with Gasteiger partial charge in [-0.2, -0.15) is 5.10 Å². The van der Waals surface area contributed by atoms with Crippen LogP contribution in [0.25, 0.3) is 0 Å². The van der Waals surface area contributed by atoms with E-state index >= 15 is 0 Å². The zero-order valence-electron chi connectivity index (χ0n) is 13.1. The lowest BCUT2D eigenvalue weighted by atomic mass is 10.0. The fraction of sp³-hybridized carbons (Fsp3) is 0.471. The number of halogens is 1. The molecule has 0 amide bonds. The van der Waals surface area contributed by atoms with Crippen molar-refractivity contribution in [3.05, 3.63) is 51.8 Å². The standard InChI is InChI=1S/C17H24BrN3/c1-4-19-16(17-15(18)12-20-21(17)5-2)10-9-14-8-6-7-13(3)11-14/h6-8,11-12,16,19H,4-5,9-10H2,1-3H3. The summed E-state index contributed by atoms with van der Waals surface area (Å²) in [5.74, 6) is 0. The van der Waals surface area contributed by atoms with Crippen LogP contribution in [0.3, 0.4) is 0 Å². The van der Waals surface area contributed by atoms with E-state index in [9.17, 15) is 0 Å². The van der Waals surface area contributed by atoms with Crippen molar-refractivity contribution in [2.45, 2.75) is 46.2 Å². The van der Waals surface area contributed by atoms with Crippen molar-refractivity contribution in [3.63, 3.8) is 0 Å². The van der Waals surface area contributed by atoms with E-state index in [0.717, 1.165) is 30.4 Å². The van der Waals surface area contributed by atoms with Gasteiger partial charge >= 0.3 is 0 Å². The molecule has 2 rings (SSSR count). The number of hydrogen-bond acceptors (Lipinski definition) is 2. The number of nitrogens with zero attached hydrogens (tertiary/aromatic N) is 2. The molecule has 1 atom stereocenters. The second kappa shape index (κ2) is 7.76. The highest BCUT2D eigenvalue weighted by atomic mass is 79.9. The minimum absolute atomic E-state index is 0.326. The van der Waals surface area contributed by atoms with Crippen LogP contribution < -0.4 is 5.32 Å². The molecular formula is C17H24BrN3. The lowest BCUT2D eigenvalue weighted by Gasteiger charge is -2.20. The topological polar surface area (TPSA) is 29.9 Å². The summed E-state index contributed by atoms with van der Waals surface area (Å²) in [5, 5.41) is 8.03. The predicted molar refractivity (Wildman–Crippen MR) is 91.5 cm³/mol. The van der Waals surface area contributed by atoms with E-state index in [0.29, 0.717) is 6.04 Å². The van der Waals surface area contributed by atoms with Gasteiger partial charge in [0.2, 0.25) is 0 Å². The third kappa shape index (κ3) is 4.17. The molecule has 4 heteroatoms. The molecule has 0 saturated carbocycles. The molecular weight excluding hydrogens is 326 g/mol. The van der Waals surface area contributed by atoms with Crippen molar-refractivity contribution in [1.82, 2.24) is 15.1 Å². The van der Waals surface area contributed by atoms with Gasteiger partial charge in [-0.1, -0.05) is 36.8 Å². The Morgan fingerprint density at radius 1 is 1.33 bits per heavy atom. The maximum absolute atomic E-state index is 4.44. The van der Waals surface area contributed by atoms with E-state index in [1.165, 1.54) is 16.8 Å². The molecule has 1 N–H and O–H groups in total. The number of aryl methyl sites for hydroxylation is 3. The van der Waals surface area contributed by atoms with Gasteiger partial charge in [0.05, 0.1) is 22.4 Å². The summed E-state index contributed by atoms with van der Waals surface area (Å²) < 4.78 is 3.17. The zero-order valence-corrected chi connectivity index (χ0v) is 14.7. The van der Waals surface area contributed by atoms with Crippen molar-refractivity contribution in [3.8, 4) is 0 Å². The van der Waals surface area contributed by atoms with E-state index in [1.807, 2.05) is 6.20 Å². The summed E-state index contributed by atoms with van der Waals surface area (Å²) in [5.41, 5.74) is 3.98. The van der Waals surface area contributed by atoms with Gasteiger partial charge in [0, 0.05) is 6.54 Å². The molecule has 3 nitrogen and oxygen atoms in total. The summed E-state index contributed by atoms with van der Waals surface area (Å²) in [4.78, 5) is 0. The molecule has 0 spiro atoms. The highest BCUT2D eigenvalue weighted by Gasteiger charge is 2.18. The molecule has 21 heavy (non-hydrogen) atoms. The second-order valence-electron chi connectivity index (χ2n) is 5.33. The maximum Gasteiger partial charge on any atom is 0.0695 e. The summed E-state index contributed by atoms with van der Waals surface area (Å²) in [6, 6.07) is 9.09. The summed E-state index contributed by atoms with van der Waals surface area (Å²) in [6.07, 6.45) is 4.04. The molecule has 0 fully saturated rings. The third-order valence-electron chi connectivity index (χ3n) is 3.72. The summed E-state index contributed by atoms with van der Waals surface area (Å²) >= 11 is 3.64. The lowest BCUT2D eigenvalue weighted by molar-refractivity contribution is 0.465. The van der Waals surface area contributed by atoms with Gasteiger partial charge in [0.15, 0.2) is 0 Å². The monoisotopic (exact) mass is 349 g/mol. The van der Waals surface area contributed by atoms with Crippen molar-refractivity contribution in [2.24, 2.45) is 0 Å². The first kappa shape index (κ1) is 16.2. The van der Waals surface area contributed by atoms with Crippen LogP contribution >= 0.6 is 15.9 Å². The Morgan fingerprint density at radius 2 is 2.14 bits per heavy atom. The van der Waals surface area contributed by atoms with Crippen LogP contribution in [0, 0.1) is 6.92 Å². The zero-order chi connectivity index (χ0) is 15.2. The van der Waals surface area contributed by atoms with Crippen molar-refractivity contribution < 1.29 is 0 Å².